The van der Waals surface area contributed by atoms with Crippen LogP contribution in [0.3, 0.4) is 0 Å². The predicted octanol–water partition coefficient (Wildman–Crippen LogP) is 4.08. The van der Waals surface area contributed by atoms with Crippen LogP contribution in [-0.4, -0.2) is 40.6 Å². The molecule has 2 aromatic heterocycles. The van der Waals surface area contributed by atoms with Crippen LogP contribution >= 0.6 is 0 Å². The van der Waals surface area contributed by atoms with Crippen LogP contribution in [0.15, 0.2) is 73.1 Å². The highest BCUT2D eigenvalue weighted by Crippen LogP contribution is 2.27. The van der Waals surface area contributed by atoms with E-state index < -0.39 is 0 Å². The van der Waals surface area contributed by atoms with E-state index in [1.165, 1.54) is 16.7 Å². The van der Waals surface area contributed by atoms with Crippen molar-refractivity contribution in [2.45, 2.75) is 6.54 Å². The summed E-state index contributed by atoms with van der Waals surface area (Å²) in [6.07, 6.45) is 3.99. The minimum Gasteiger partial charge on any atom is -0.399 e. The Hall–Kier alpha value is -3.15. The first-order chi connectivity index (χ1) is 14.3. The number of aromatic nitrogens is 2. The molecule has 3 heterocycles. The van der Waals surface area contributed by atoms with Crippen LogP contribution in [0.25, 0.3) is 28.0 Å². The summed E-state index contributed by atoms with van der Waals surface area (Å²) in [6.45, 7) is 4.60. The number of nitrogens with two attached hydrogens (primary N) is 1. The number of ether oxygens (including phenoxy) is 1. The van der Waals surface area contributed by atoms with Crippen LogP contribution in [0.4, 0.5) is 5.69 Å². The topological polar surface area (TPSA) is 55.8 Å². The van der Waals surface area contributed by atoms with Crippen molar-refractivity contribution in [2.75, 3.05) is 32.0 Å². The normalized spacial score (nSPS) is 15.0. The van der Waals surface area contributed by atoms with E-state index in [-0.39, 0.29) is 0 Å². The number of rotatable bonds is 4. The maximum atomic E-state index is 5.95. The largest absolute Gasteiger partial charge is 0.399 e. The first kappa shape index (κ1) is 17.9. The second kappa shape index (κ2) is 7.70. The summed E-state index contributed by atoms with van der Waals surface area (Å²) >= 11 is 0. The molecular weight excluding hydrogens is 360 g/mol. The minimum absolute atomic E-state index is 0.756. The standard InChI is InChI=1S/C24H24N4O/c25-22-6-2-5-21(14-22)23-16-26-24-15-20(7-8-28(23)24)19-4-1-3-18(13-19)17-27-9-11-29-12-10-27/h1-8,13-16H,9-12,17,25H2. The number of nitrogens with zero attached hydrogens (tertiary/aromatic N) is 3. The molecule has 0 spiro atoms. The zero-order chi connectivity index (χ0) is 19.6. The molecule has 29 heavy (non-hydrogen) atoms. The molecule has 5 heteroatoms. The molecule has 1 aliphatic rings. The molecule has 0 aliphatic carbocycles. The van der Waals surface area contributed by atoms with Crippen LogP contribution in [0.2, 0.25) is 0 Å². The second-order valence-corrected chi connectivity index (χ2v) is 7.50. The number of morpholine rings is 1. The van der Waals surface area contributed by atoms with Gasteiger partial charge in [0.25, 0.3) is 0 Å². The number of benzene rings is 2. The van der Waals surface area contributed by atoms with E-state index in [1.807, 2.05) is 24.4 Å². The van der Waals surface area contributed by atoms with Crippen LogP contribution in [0, 0.1) is 0 Å². The minimum atomic E-state index is 0.756. The van der Waals surface area contributed by atoms with Crippen molar-refractivity contribution in [3.05, 3.63) is 78.6 Å². The lowest BCUT2D eigenvalue weighted by Gasteiger charge is -2.26. The van der Waals surface area contributed by atoms with Gasteiger partial charge in [0.05, 0.1) is 25.1 Å². The Labute approximate surface area is 170 Å². The third-order valence-electron chi connectivity index (χ3n) is 5.47. The molecule has 0 amide bonds. The van der Waals surface area contributed by atoms with E-state index in [1.54, 1.807) is 0 Å². The van der Waals surface area contributed by atoms with Gasteiger partial charge in [-0.3, -0.25) is 9.30 Å². The Bertz CT molecular complexity index is 1140. The van der Waals surface area contributed by atoms with E-state index >= 15 is 0 Å². The molecular formula is C24H24N4O. The lowest BCUT2D eigenvalue weighted by Crippen LogP contribution is -2.35. The number of anilines is 1. The van der Waals surface area contributed by atoms with Gasteiger partial charge in [-0.05, 0) is 47.0 Å². The highest BCUT2D eigenvalue weighted by molar-refractivity contribution is 5.72. The summed E-state index contributed by atoms with van der Waals surface area (Å²) in [6, 6.07) is 21.0. The first-order valence-electron chi connectivity index (χ1n) is 9.99. The van der Waals surface area contributed by atoms with Gasteiger partial charge in [0.15, 0.2) is 0 Å². The van der Waals surface area contributed by atoms with E-state index in [4.69, 9.17) is 10.5 Å². The van der Waals surface area contributed by atoms with E-state index in [2.05, 4.69) is 62.9 Å². The molecule has 1 fully saturated rings. The van der Waals surface area contributed by atoms with Crippen LogP contribution < -0.4 is 5.73 Å². The number of hydrogen-bond acceptors (Lipinski definition) is 4. The van der Waals surface area contributed by atoms with E-state index in [0.717, 1.165) is 55.4 Å². The van der Waals surface area contributed by atoms with E-state index in [9.17, 15) is 0 Å². The Morgan fingerprint density at radius 2 is 1.69 bits per heavy atom. The molecule has 1 aliphatic heterocycles. The number of hydrogen-bond donors (Lipinski definition) is 1. The van der Waals surface area contributed by atoms with Crippen molar-refractivity contribution in [1.29, 1.82) is 0 Å². The third-order valence-corrected chi connectivity index (χ3v) is 5.47. The van der Waals surface area contributed by atoms with Gasteiger partial charge in [-0.2, -0.15) is 0 Å². The fourth-order valence-corrected chi connectivity index (χ4v) is 3.94. The van der Waals surface area contributed by atoms with Crippen molar-refractivity contribution >= 4 is 11.3 Å². The third kappa shape index (κ3) is 3.75. The lowest BCUT2D eigenvalue weighted by atomic mass is 10.0. The smallest absolute Gasteiger partial charge is 0.137 e. The molecule has 5 rings (SSSR count). The number of fused-ring (bicyclic) bond motifs is 1. The molecule has 0 unspecified atom stereocenters. The van der Waals surface area contributed by atoms with Gasteiger partial charge in [0.2, 0.25) is 0 Å². The van der Waals surface area contributed by atoms with Gasteiger partial charge in [-0.25, -0.2) is 4.98 Å². The average molecular weight is 384 g/mol. The number of nitrogen functional groups attached to an aromatic ring is 1. The maximum absolute atomic E-state index is 5.95. The number of imidazole rings is 1. The highest BCUT2D eigenvalue weighted by Gasteiger charge is 2.12. The van der Waals surface area contributed by atoms with Gasteiger partial charge >= 0.3 is 0 Å². The second-order valence-electron chi connectivity index (χ2n) is 7.50. The van der Waals surface area contributed by atoms with Gasteiger partial charge in [0.1, 0.15) is 5.65 Å². The molecule has 4 aromatic rings. The summed E-state index contributed by atoms with van der Waals surface area (Å²) in [4.78, 5) is 7.07. The molecule has 0 saturated carbocycles. The predicted molar refractivity (Wildman–Crippen MR) is 117 cm³/mol. The van der Waals surface area contributed by atoms with Crippen LogP contribution in [0.1, 0.15) is 5.56 Å². The molecule has 146 valence electrons. The summed E-state index contributed by atoms with van der Waals surface area (Å²) in [5.74, 6) is 0. The SMILES string of the molecule is Nc1cccc(-c2cnc3cc(-c4cccc(CN5CCOCC5)c4)ccn23)c1. The monoisotopic (exact) mass is 384 g/mol. The Morgan fingerprint density at radius 3 is 2.55 bits per heavy atom. The first-order valence-corrected chi connectivity index (χ1v) is 9.99. The van der Waals surface area contributed by atoms with Crippen molar-refractivity contribution in [2.24, 2.45) is 0 Å². The van der Waals surface area contributed by atoms with Gasteiger partial charge in [0, 0.05) is 37.1 Å². The van der Waals surface area contributed by atoms with Gasteiger partial charge in [-0.1, -0.05) is 30.3 Å². The summed E-state index contributed by atoms with van der Waals surface area (Å²) < 4.78 is 7.56. The Morgan fingerprint density at radius 1 is 0.897 bits per heavy atom. The zero-order valence-electron chi connectivity index (χ0n) is 16.3. The molecule has 0 radical (unpaired) electrons. The fraction of sp³-hybridized carbons (Fsp3) is 0.208. The Kier molecular flexibility index (Phi) is 4.76. The van der Waals surface area contributed by atoms with Crippen LogP contribution in [-0.2, 0) is 11.3 Å². The molecule has 1 saturated heterocycles. The van der Waals surface area contributed by atoms with Gasteiger partial charge < -0.3 is 10.5 Å². The van der Waals surface area contributed by atoms with Crippen molar-refractivity contribution in [3.63, 3.8) is 0 Å². The zero-order valence-corrected chi connectivity index (χ0v) is 16.3. The quantitative estimate of drug-likeness (QED) is 0.539. The summed E-state index contributed by atoms with van der Waals surface area (Å²) in [5.41, 5.74) is 13.5. The number of pyridine rings is 1. The highest BCUT2D eigenvalue weighted by atomic mass is 16.5. The summed E-state index contributed by atoms with van der Waals surface area (Å²) in [7, 11) is 0. The van der Waals surface area contributed by atoms with Gasteiger partial charge in [-0.15, -0.1) is 0 Å². The molecule has 2 aromatic carbocycles. The van der Waals surface area contributed by atoms with E-state index in [0.29, 0.717) is 0 Å². The molecule has 0 bridgehead atoms. The Balaban J connectivity index is 1.44. The average Bonchev–Trinajstić information content (AvgIpc) is 3.18. The molecule has 2 N–H and O–H groups in total. The lowest BCUT2D eigenvalue weighted by molar-refractivity contribution is 0.0342. The van der Waals surface area contributed by atoms with Crippen LogP contribution in [0.5, 0.6) is 0 Å². The molecule has 0 atom stereocenters. The molecule has 5 nitrogen and oxygen atoms in total. The van der Waals surface area contributed by atoms with Crippen molar-refractivity contribution in [3.8, 4) is 22.4 Å². The summed E-state index contributed by atoms with van der Waals surface area (Å²) in [5, 5.41) is 0. The van der Waals surface area contributed by atoms with Crippen molar-refractivity contribution < 1.29 is 4.74 Å². The maximum Gasteiger partial charge on any atom is 0.137 e. The van der Waals surface area contributed by atoms with Crippen molar-refractivity contribution in [1.82, 2.24) is 14.3 Å². The fourth-order valence-electron chi connectivity index (χ4n) is 3.94.